The average molecular weight is 464 g/mol. The van der Waals surface area contributed by atoms with E-state index in [1.807, 2.05) is 42.5 Å². The van der Waals surface area contributed by atoms with Gasteiger partial charge in [-0.15, -0.1) is 16.8 Å². The predicted molar refractivity (Wildman–Crippen MR) is 133 cm³/mol. The van der Waals surface area contributed by atoms with Crippen molar-refractivity contribution in [3.63, 3.8) is 0 Å². The van der Waals surface area contributed by atoms with Crippen LogP contribution in [-0.4, -0.2) is 35.3 Å². The Morgan fingerprint density at radius 1 is 1.18 bits per heavy atom. The summed E-state index contributed by atoms with van der Waals surface area (Å²) in [5.41, 5.74) is 3.46. The molecule has 1 aromatic carbocycles. The average Bonchev–Trinajstić information content (AvgIpc) is 3.34. The number of aromatic nitrogens is 5. The van der Waals surface area contributed by atoms with Gasteiger partial charge in [-0.05, 0) is 44.4 Å². The molecule has 0 amide bonds. The fourth-order valence-electron chi connectivity index (χ4n) is 4.14. The normalized spacial score (nSPS) is 11.7. The lowest BCUT2D eigenvalue weighted by atomic mass is 10.1. The summed E-state index contributed by atoms with van der Waals surface area (Å²) in [5, 5.41) is 9.74. The molecule has 0 bridgehead atoms. The van der Waals surface area contributed by atoms with Crippen LogP contribution in [0.3, 0.4) is 0 Å². The van der Waals surface area contributed by atoms with Gasteiger partial charge in [0.05, 0.1) is 16.7 Å². The van der Waals surface area contributed by atoms with E-state index in [9.17, 15) is 9.59 Å². The van der Waals surface area contributed by atoms with Gasteiger partial charge in [0.2, 0.25) is 5.78 Å². The summed E-state index contributed by atoms with van der Waals surface area (Å²) in [4.78, 5) is 26.1. The maximum atomic E-state index is 13.1. The van der Waals surface area contributed by atoms with E-state index in [4.69, 9.17) is 0 Å². The zero-order valence-corrected chi connectivity index (χ0v) is 20.4. The number of benzene rings is 1. The van der Waals surface area contributed by atoms with Gasteiger partial charge in [-0.2, -0.15) is 0 Å². The lowest BCUT2D eigenvalue weighted by Crippen LogP contribution is -2.22. The monoisotopic (exact) mass is 463 g/mol. The summed E-state index contributed by atoms with van der Waals surface area (Å²) < 4.78 is 5.63. The topological polar surface area (TPSA) is 74.2 Å². The molecule has 0 unspecified atom stereocenters. The van der Waals surface area contributed by atoms with Crippen molar-refractivity contribution >= 4 is 34.2 Å². The molecule has 0 saturated heterocycles. The number of nitrogens with zero attached hydrogens (tertiary/aromatic N) is 5. The Hall–Kier alpha value is -3.13. The quantitative estimate of drug-likeness (QED) is 0.205. The second-order valence-electron chi connectivity index (χ2n) is 8.67. The van der Waals surface area contributed by atoms with Gasteiger partial charge in [0.25, 0.3) is 5.56 Å². The molecule has 0 spiro atoms. The zero-order chi connectivity index (χ0) is 23.7. The Balaban J connectivity index is 1.66. The molecule has 33 heavy (non-hydrogen) atoms. The number of hydrogen-bond donors (Lipinski definition) is 0. The van der Waals surface area contributed by atoms with E-state index in [2.05, 4.69) is 35.2 Å². The highest BCUT2D eigenvalue weighted by molar-refractivity contribution is 7.99. The molecule has 0 radical (unpaired) electrons. The van der Waals surface area contributed by atoms with Crippen LogP contribution in [0, 0.1) is 19.8 Å². The maximum Gasteiger partial charge on any atom is 0.263 e. The number of carbonyl (C=O) groups excluding carboxylic acids is 1. The first kappa shape index (κ1) is 23.0. The lowest BCUT2D eigenvalue weighted by molar-refractivity contribution is 0.102. The second-order valence-corrected chi connectivity index (χ2v) is 9.61. The van der Waals surface area contributed by atoms with Gasteiger partial charge in [0.15, 0.2) is 10.9 Å². The van der Waals surface area contributed by atoms with E-state index in [1.165, 1.54) is 11.8 Å². The lowest BCUT2D eigenvalue weighted by Gasteiger charge is -2.11. The minimum absolute atomic E-state index is 0.0596. The summed E-state index contributed by atoms with van der Waals surface area (Å²) in [7, 11) is 0. The highest BCUT2D eigenvalue weighted by Gasteiger charge is 2.20. The number of Topliss-reactive ketones (excluding diaryl/α,β-unsaturated/α-hetero) is 1. The molecule has 7 nitrogen and oxygen atoms in total. The van der Waals surface area contributed by atoms with E-state index in [-0.39, 0.29) is 17.1 Å². The molecule has 0 fully saturated rings. The molecule has 0 aliphatic heterocycles. The van der Waals surface area contributed by atoms with Crippen LogP contribution in [0.2, 0.25) is 0 Å². The first-order valence-corrected chi connectivity index (χ1v) is 12.1. The van der Waals surface area contributed by atoms with Crippen molar-refractivity contribution in [1.29, 1.82) is 0 Å². The molecular formula is C25H29N5O2S. The van der Waals surface area contributed by atoms with Crippen LogP contribution in [0.5, 0.6) is 0 Å². The molecule has 0 aliphatic carbocycles. The Bertz CT molecular complexity index is 1410. The van der Waals surface area contributed by atoms with Crippen LogP contribution < -0.4 is 5.56 Å². The van der Waals surface area contributed by atoms with Crippen molar-refractivity contribution in [1.82, 2.24) is 23.7 Å². The molecule has 0 aliphatic rings. The minimum Gasteiger partial charge on any atom is -0.348 e. The Kier molecular flexibility index (Phi) is 6.56. The summed E-state index contributed by atoms with van der Waals surface area (Å²) in [6.07, 6.45) is 2.74. The smallest absolute Gasteiger partial charge is 0.263 e. The second kappa shape index (κ2) is 9.39. The van der Waals surface area contributed by atoms with Crippen molar-refractivity contribution in [3.05, 3.63) is 70.3 Å². The van der Waals surface area contributed by atoms with E-state index in [1.54, 1.807) is 16.7 Å². The number of carbonyl (C=O) groups is 1. The molecule has 3 heterocycles. The van der Waals surface area contributed by atoms with Crippen molar-refractivity contribution in [2.75, 3.05) is 5.75 Å². The van der Waals surface area contributed by atoms with Crippen molar-refractivity contribution in [2.24, 2.45) is 5.92 Å². The third-order valence-electron chi connectivity index (χ3n) is 5.93. The van der Waals surface area contributed by atoms with E-state index in [0.717, 1.165) is 35.4 Å². The molecule has 4 aromatic rings. The molecule has 0 N–H and O–H groups in total. The zero-order valence-electron chi connectivity index (χ0n) is 19.5. The van der Waals surface area contributed by atoms with Gasteiger partial charge >= 0.3 is 0 Å². The molecule has 0 saturated carbocycles. The molecular weight excluding hydrogens is 434 g/mol. The third-order valence-corrected chi connectivity index (χ3v) is 6.86. The predicted octanol–water partition coefficient (Wildman–Crippen LogP) is 4.67. The molecule has 4 rings (SSSR count). The minimum atomic E-state index is -0.133. The van der Waals surface area contributed by atoms with Crippen LogP contribution in [0.15, 0.2) is 52.9 Å². The third kappa shape index (κ3) is 4.27. The maximum absolute atomic E-state index is 13.1. The highest BCUT2D eigenvalue weighted by Crippen LogP contribution is 2.24. The number of ketones is 1. The van der Waals surface area contributed by atoms with Gasteiger partial charge in [-0.3, -0.25) is 18.6 Å². The van der Waals surface area contributed by atoms with Crippen LogP contribution in [0.4, 0.5) is 0 Å². The van der Waals surface area contributed by atoms with E-state index in [0.29, 0.717) is 28.8 Å². The first-order chi connectivity index (χ1) is 15.8. The Labute approximate surface area is 197 Å². The van der Waals surface area contributed by atoms with Crippen LogP contribution >= 0.6 is 11.8 Å². The summed E-state index contributed by atoms with van der Waals surface area (Å²) in [5.74, 6) is 1.35. The van der Waals surface area contributed by atoms with Crippen molar-refractivity contribution in [3.8, 4) is 0 Å². The van der Waals surface area contributed by atoms with E-state index < -0.39 is 0 Å². The van der Waals surface area contributed by atoms with Gasteiger partial charge in [-0.1, -0.05) is 43.8 Å². The molecule has 0 atom stereocenters. The number of fused-ring (bicyclic) bond motifs is 3. The fourth-order valence-corrected chi connectivity index (χ4v) is 4.97. The number of thioether (sulfide) groups is 1. The summed E-state index contributed by atoms with van der Waals surface area (Å²) >= 11 is 1.34. The Morgan fingerprint density at radius 2 is 1.94 bits per heavy atom. The van der Waals surface area contributed by atoms with Gasteiger partial charge < -0.3 is 4.57 Å². The molecule has 8 heteroatoms. The highest BCUT2D eigenvalue weighted by atomic mass is 32.2. The van der Waals surface area contributed by atoms with Gasteiger partial charge in [-0.25, -0.2) is 0 Å². The van der Waals surface area contributed by atoms with Crippen LogP contribution in [0.25, 0.3) is 16.7 Å². The molecule has 3 aromatic heterocycles. The van der Waals surface area contributed by atoms with Gasteiger partial charge in [0.1, 0.15) is 0 Å². The number of rotatable bonds is 9. The van der Waals surface area contributed by atoms with Crippen LogP contribution in [0.1, 0.15) is 42.0 Å². The SMILES string of the molecule is C=CCn1c(=O)c2ccccc2n2c(SCC(=O)c3cc(C)n(CCC(C)C)c3C)nnc12. The van der Waals surface area contributed by atoms with Crippen LogP contribution in [-0.2, 0) is 13.1 Å². The Morgan fingerprint density at radius 3 is 2.67 bits per heavy atom. The van der Waals surface area contributed by atoms with E-state index >= 15 is 0 Å². The molecule has 172 valence electrons. The number of aryl methyl sites for hydroxylation is 1. The van der Waals surface area contributed by atoms with Crippen molar-refractivity contribution < 1.29 is 4.79 Å². The first-order valence-electron chi connectivity index (χ1n) is 11.1. The number of para-hydroxylation sites is 1. The van der Waals surface area contributed by atoms with Crippen molar-refractivity contribution in [2.45, 2.75) is 52.4 Å². The number of hydrogen-bond acceptors (Lipinski definition) is 5. The summed E-state index contributed by atoms with van der Waals surface area (Å²) in [6.45, 7) is 13.5. The fraction of sp³-hybridized carbons (Fsp3) is 0.360. The largest absolute Gasteiger partial charge is 0.348 e. The summed E-state index contributed by atoms with van der Waals surface area (Å²) in [6, 6.07) is 9.37. The number of allylic oxidation sites excluding steroid dienone is 1. The van der Waals surface area contributed by atoms with Gasteiger partial charge in [0, 0.05) is 30.0 Å². The standard InChI is InChI=1S/C25H29N5O2S/c1-6-12-29-23(32)19-9-7-8-10-21(19)30-24(29)26-27-25(30)33-15-22(31)20-14-17(4)28(18(20)5)13-11-16(2)3/h6-10,14,16H,1,11-13,15H2,2-5H3.